The SMILES string of the molecule is CO/C(O)=C/N=C(C)C. The number of aliphatic hydroxyl groups is 1. The van der Waals surface area contributed by atoms with E-state index in [0.29, 0.717) is 0 Å². The molecule has 0 aliphatic rings. The molecule has 0 saturated carbocycles. The molecule has 0 rings (SSSR count). The Balaban J connectivity index is 3.83. The second-order valence-electron chi connectivity index (χ2n) is 1.75. The van der Waals surface area contributed by atoms with Crippen molar-refractivity contribution in [1.82, 2.24) is 0 Å². The lowest BCUT2D eigenvalue weighted by Crippen LogP contribution is -1.83. The summed E-state index contributed by atoms with van der Waals surface area (Å²) in [7, 11) is 1.38. The van der Waals surface area contributed by atoms with Crippen molar-refractivity contribution in [1.29, 1.82) is 0 Å². The maximum Gasteiger partial charge on any atom is 0.295 e. The molecule has 0 amide bonds. The van der Waals surface area contributed by atoms with Gasteiger partial charge >= 0.3 is 0 Å². The van der Waals surface area contributed by atoms with Gasteiger partial charge in [-0.2, -0.15) is 0 Å². The molecule has 0 spiro atoms. The molecule has 3 nitrogen and oxygen atoms in total. The van der Waals surface area contributed by atoms with Gasteiger partial charge in [-0.15, -0.1) is 0 Å². The van der Waals surface area contributed by atoms with Gasteiger partial charge in [-0.1, -0.05) is 0 Å². The minimum Gasteiger partial charge on any atom is -0.480 e. The van der Waals surface area contributed by atoms with Crippen LogP contribution in [0.25, 0.3) is 0 Å². The van der Waals surface area contributed by atoms with Crippen LogP contribution in [0.1, 0.15) is 13.8 Å². The normalized spacial score (nSPS) is 10.8. The summed E-state index contributed by atoms with van der Waals surface area (Å²) in [5, 5.41) is 8.64. The minimum atomic E-state index is -0.170. The first-order valence-electron chi connectivity index (χ1n) is 2.61. The second kappa shape index (κ2) is 3.95. The highest BCUT2D eigenvalue weighted by atomic mass is 16.6. The summed E-state index contributed by atoms with van der Waals surface area (Å²) < 4.78 is 4.41. The first-order chi connectivity index (χ1) is 4.16. The topological polar surface area (TPSA) is 41.8 Å². The molecule has 0 aliphatic heterocycles. The fraction of sp³-hybridized carbons (Fsp3) is 0.500. The van der Waals surface area contributed by atoms with Gasteiger partial charge in [0, 0.05) is 5.71 Å². The largest absolute Gasteiger partial charge is 0.480 e. The third-order valence-electron chi connectivity index (χ3n) is 0.642. The Hall–Kier alpha value is -0.990. The molecule has 1 N–H and O–H groups in total. The van der Waals surface area contributed by atoms with Crippen LogP contribution in [0.5, 0.6) is 0 Å². The molecule has 3 heteroatoms. The summed E-state index contributed by atoms with van der Waals surface area (Å²) in [6, 6.07) is 0. The van der Waals surface area contributed by atoms with Crippen molar-refractivity contribution >= 4 is 5.71 Å². The van der Waals surface area contributed by atoms with Gasteiger partial charge in [0.15, 0.2) is 0 Å². The number of aliphatic imine (C=N–C) groups is 1. The number of rotatable bonds is 2. The van der Waals surface area contributed by atoms with E-state index in [-0.39, 0.29) is 5.95 Å². The summed E-state index contributed by atoms with van der Waals surface area (Å²) in [6.07, 6.45) is 1.26. The fourth-order valence-electron chi connectivity index (χ4n) is 0.237. The molecule has 0 aromatic heterocycles. The molecule has 0 atom stereocenters. The molecule has 0 aliphatic carbocycles. The minimum absolute atomic E-state index is 0.170. The predicted molar refractivity (Wildman–Crippen MR) is 36.5 cm³/mol. The maximum absolute atomic E-state index is 8.64. The van der Waals surface area contributed by atoms with Gasteiger partial charge in [-0.3, -0.25) is 4.99 Å². The van der Waals surface area contributed by atoms with Crippen molar-refractivity contribution in [2.75, 3.05) is 7.11 Å². The lowest BCUT2D eigenvalue weighted by atomic mass is 10.5. The van der Waals surface area contributed by atoms with Crippen molar-refractivity contribution in [3.05, 3.63) is 12.1 Å². The molecular weight excluding hydrogens is 118 g/mol. The van der Waals surface area contributed by atoms with Gasteiger partial charge in [0.2, 0.25) is 0 Å². The third-order valence-corrected chi connectivity index (χ3v) is 0.642. The van der Waals surface area contributed by atoms with Crippen LogP contribution in [0, 0.1) is 0 Å². The van der Waals surface area contributed by atoms with Gasteiger partial charge in [-0.25, -0.2) is 0 Å². The van der Waals surface area contributed by atoms with Gasteiger partial charge in [0.1, 0.15) is 6.20 Å². The zero-order valence-corrected chi connectivity index (χ0v) is 5.88. The van der Waals surface area contributed by atoms with E-state index in [1.165, 1.54) is 13.3 Å². The Kier molecular flexibility index (Phi) is 3.51. The Morgan fingerprint density at radius 2 is 2.11 bits per heavy atom. The highest BCUT2D eigenvalue weighted by molar-refractivity contribution is 5.79. The summed E-state index contributed by atoms with van der Waals surface area (Å²) in [4.78, 5) is 3.77. The van der Waals surface area contributed by atoms with Crippen LogP contribution in [0.2, 0.25) is 0 Å². The summed E-state index contributed by atoms with van der Waals surface area (Å²) in [5.41, 5.74) is 0.874. The van der Waals surface area contributed by atoms with Crippen LogP contribution in [0.15, 0.2) is 17.1 Å². The van der Waals surface area contributed by atoms with Crippen molar-refractivity contribution in [3.63, 3.8) is 0 Å². The zero-order chi connectivity index (χ0) is 7.28. The number of ether oxygens (including phenoxy) is 1. The molecule has 0 aromatic rings. The first-order valence-corrected chi connectivity index (χ1v) is 2.61. The number of methoxy groups -OCH3 is 1. The Morgan fingerprint density at radius 1 is 1.56 bits per heavy atom. The monoisotopic (exact) mass is 129 g/mol. The average molecular weight is 129 g/mol. The predicted octanol–water partition coefficient (Wildman–Crippen LogP) is 1.47. The van der Waals surface area contributed by atoms with Crippen molar-refractivity contribution in [2.45, 2.75) is 13.8 Å². The Bertz CT molecular complexity index is 134. The van der Waals surface area contributed by atoms with Crippen LogP contribution < -0.4 is 0 Å². The number of hydrogen-bond acceptors (Lipinski definition) is 3. The van der Waals surface area contributed by atoms with Gasteiger partial charge in [-0.05, 0) is 13.8 Å². The lowest BCUT2D eigenvalue weighted by molar-refractivity contribution is 0.135. The Labute approximate surface area is 54.7 Å². The fourth-order valence-corrected chi connectivity index (χ4v) is 0.237. The number of nitrogens with zero attached hydrogens (tertiary/aromatic N) is 1. The molecule has 0 bridgehead atoms. The second-order valence-corrected chi connectivity index (χ2v) is 1.75. The zero-order valence-electron chi connectivity index (χ0n) is 5.88. The van der Waals surface area contributed by atoms with E-state index in [4.69, 9.17) is 5.11 Å². The van der Waals surface area contributed by atoms with E-state index in [0.717, 1.165) is 5.71 Å². The van der Waals surface area contributed by atoms with Crippen LogP contribution >= 0.6 is 0 Å². The molecule has 52 valence electrons. The standard InChI is InChI=1S/C6H11NO2/c1-5(2)7-4-6(8)9-3/h4,8H,1-3H3/b6-4+. The number of aliphatic hydroxyl groups excluding tert-OH is 1. The van der Waals surface area contributed by atoms with E-state index in [1.807, 2.05) is 13.8 Å². The van der Waals surface area contributed by atoms with E-state index in [2.05, 4.69) is 9.73 Å². The van der Waals surface area contributed by atoms with Crippen molar-refractivity contribution < 1.29 is 9.84 Å². The van der Waals surface area contributed by atoms with Crippen LogP contribution in [0.4, 0.5) is 0 Å². The molecule has 0 aromatic carbocycles. The van der Waals surface area contributed by atoms with E-state index in [9.17, 15) is 0 Å². The molecular formula is C6H11NO2. The Morgan fingerprint density at radius 3 is 2.44 bits per heavy atom. The smallest absolute Gasteiger partial charge is 0.295 e. The molecule has 0 radical (unpaired) electrons. The van der Waals surface area contributed by atoms with Crippen molar-refractivity contribution in [2.24, 2.45) is 4.99 Å². The molecule has 0 saturated heterocycles. The van der Waals surface area contributed by atoms with E-state index in [1.54, 1.807) is 0 Å². The van der Waals surface area contributed by atoms with Gasteiger partial charge in [0.05, 0.1) is 7.11 Å². The van der Waals surface area contributed by atoms with Crippen molar-refractivity contribution in [3.8, 4) is 0 Å². The molecule has 0 heterocycles. The first kappa shape index (κ1) is 8.01. The summed E-state index contributed by atoms with van der Waals surface area (Å²) >= 11 is 0. The molecule has 0 unspecified atom stereocenters. The molecule has 0 fully saturated rings. The highest BCUT2D eigenvalue weighted by Gasteiger charge is 1.82. The van der Waals surface area contributed by atoms with E-state index >= 15 is 0 Å². The lowest BCUT2D eigenvalue weighted by Gasteiger charge is -1.91. The van der Waals surface area contributed by atoms with Crippen LogP contribution in [0.3, 0.4) is 0 Å². The summed E-state index contributed by atoms with van der Waals surface area (Å²) in [5.74, 6) is -0.170. The number of hydrogen-bond donors (Lipinski definition) is 1. The summed E-state index contributed by atoms with van der Waals surface area (Å²) in [6.45, 7) is 3.67. The van der Waals surface area contributed by atoms with Gasteiger partial charge in [0.25, 0.3) is 5.95 Å². The maximum atomic E-state index is 8.64. The van der Waals surface area contributed by atoms with Gasteiger partial charge < -0.3 is 9.84 Å². The highest BCUT2D eigenvalue weighted by Crippen LogP contribution is 1.88. The van der Waals surface area contributed by atoms with Crippen LogP contribution in [-0.2, 0) is 4.74 Å². The van der Waals surface area contributed by atoms with Crippen LogP contribution in [-0.4, -0.2) is 17.9 Å². The third kappa shape index (κ3) is 4.87. The average Bonchev–Trinajstić information content (AvgIpc) is 1.83. The van der Waals surface area contributed by atoms with E-state index < -0.39 is 0 Å². The quantitative estimate of drug-likeness (QED) is 0.453. The molecule has 9 heavy (non-hydrogen) atoms.